The first-order valence-corrected chi connectivity index (χ1v) is 7.04. The van der Waals surface area contributed by atoms with E-state index in [2.05, 4.69) is 66.8 Å². The number of hydrogen-bond donors (Lipinski definition) is 0. The van der Waals surface area contributed by atoms with Crippen molar-refractivity contribution in [2.75, 3.05) is 0 Å². The minimum absolute atomic E-state index is 0. The second-order valence-corrected chi connectivity index (χ2v) is 5.84. The Balaban J connectivity index is 0.000000735. The maximum Gasteiger partial charge on any atom is 2.00 e. The molecule has 104 valence electrons. The Labute approximate surface area is 160 Å². The van der Waals surface area contributed by atoms with E-state index < -0.39 is 0 Å². The molecule has 4 heteroatoms. The van der Waals surface area contributed by atoms with E-state index in [4.69, 9.17) is 0 Å². The summed E-state index contributed by atoms with van der Waals surface area (Å²) >= 11 is 1.95. The van der Waals surface area contributed by atoms with Crippen molar-refractivity contribution < 1.29 is 51.0 Å². The zero-order valence-corrected chi connectivity index (χ0v) is 15.9. The standard InChI is InChI=1S/C17H12S.2ClH.Zr/c1-2-5-13-10-15(9-8-12(13)4-1)17-11-14-6-3-7-16(14)18-17;;;/h1-11,17H;2*1H;/q;;;+2/p-2. The SMILES string of the molecule is C1=CC2=CC(c3ccc4ccccc4c3)SC2=C1.[Cl-].[Cl-].[Zr+2]. The fraction of sp³-hybridized carbons (Fsp3) is 0.0588. The van der Waals surface area contributed by atoms with Gasteiger partial charge in [0.2, 0.25) is 0 Å². The van der Waals surface area contributed by atoms with Crippen molar-refractivity contribution in [1.29, 1.82) is 0 Å². The summed E-state index contributed by atoms with van der Waals surface area (Å²) in [7, 11) is 0. The van der Waals surface area contributed by atoms with Crippen molar-refractivity contribution in [2.45, 2.75) is 5.25 Å². The normalized spacial score (nSPS) is 18.0. The summed E-state index contributed by atoms with van der Waals surface area (Å²) in [5, 5.41) is 3.12. The van der Waals surface area contributed by atoms with Crippen LogP contribution < -0.4 is 24.8 Å². The van der Waals surface area contributed by atoms with Crippen molar-refractivity contribution >= 4 is 22.5 Å². The molecule has 0 saturated carbocycles. The average Bonchev–Trinajstić information content (AvgIpc) is 2.99. The number of thioether (sulfide) groups is 1. The van der Waals surface area contributed by atoms with Gasteiger partial charge in [0.05, 0.1) is 5.25 Å². The van der Waals surface area contributed by atoms with Crippen LogP contribution in [0.1, 0.15) is 10.8 Å². The van der Waals surface area contributed by atoms with Gasteiger partial charge in [-0.3, -0.25) is 0 Å². The molecule has 1 heterocycles. The molecule has 2 aliphatic rings. The second kappa shape index (κ2) is 7.83. The Bertz CT molecular complexity index is 734. The fourth-order valence-electron chi connectivity index (χ4n) is 2.55. The van der Waals surface area contributed by atoms with Gasteiger partial charge in [-0.05, 0) is 34.1 Å². The largest absolute Gasteiger partial charge is 2.00 e. The van der Waals surface area contributed by atoms with Crippen LogP contribution >= 0.6 is 11.8 Å². The predicted molar refractivity (Wildman–Crippen MR) is 79.6 cm³/mol. The van der Waals surface area contributed by atoms with E-state index in [1.54, 1.807) is 0 Å². The first-order valence-electron chi connectivity index (χ1n) is 6.16. The third kappa shape index (κ3) is 3.56. The molecular weight excluding hydrogens is 398 g/mol. The van der Waals surface area contributed by atoms with E-state index in [1.807, 2.05) is 11.8 Å². The number of allylic oxidation sites excluding steroid dienone is 4. The summed E-state index contributed by atoms with van der Waals surface area (Å²) in [5.41, 5.74) is 2.79. The maximum absolute atomic E-state index is 2.37. The van der Waals surface area contributed by atoms with Crippen LogP contribution in [0.25, 0.3) is 10.8 Å². The second-order valence-electron chi connectivity index (χ2n) is 4.66. The zero-order chi connectivity index (χ0) is 11.9. The predicted octanol–water partition coefficient (Wildman–Crippen LogP) is -0.987. The first kappa shape index (κ1) is 18.8. The van der Waals surface area contributed by atoms with Gasteiger partial charge in [-0.15, -0.1) is 11.8 Å². The van der Waals surface area contributed by atoms with Crippen LogP contribution in [0.4, 0.5) is 0 Å². The molecule has 0 spiro atoms. The van der Waals surface area contributed by atoms with Crippen LogP contribution in [-0.4, -0.2) is 0 Å². The van der Waals surface area contributed by atoms with Gasteiger partial charge in [0, 0.05) is 4.91 Å². The van der Waals surface area contributed by atoms with Crippen LogP contribution in [0.15, 0.2) is 77.2 Å². The summed E-state index contributed by atoms with van der Waals surface area (Å²) in [4.78, 5) is 1.41. The van der Waals surface area contributed by atoms with Gasteiger partial charge in [0.1, 0.15) is 0 Å². The van der Waals surface area contributed by atoms with Crippen LogP contribution in [-0.2, 0) is 26.2 Å². The first-order chi connectivity index (χ1) is 8.90. The molecule has 4 rings (SSSR count). The monoisotopic (exact) mass is 408 g/mol. The number of hydrogen-bond acceptors (Lipinski definition) is 1. The van der Waals surface area contributed by atoms with Gasteiger partial charge in [0.15, 0.2) is 0 Å². The van der Waals surface area contributed by atoms with E-state index in [9.17, 15) is 0 Å². The number of fused-ring (bicyclic) bond motifs is 2. The summed E-state index contributed by atoms with van der Waals surface area (Å²) in [6.45, 7) is 0. The van der Waals surface area contributed by atoms with Gasteiger partial charge < -0.3 is 24.8 Å². The van der Waals surface area contributed by atoms with E-state index in [1.165, 1.54) is 26.8 Å². The molecule has 0 aromatic heterocycles. The molecule has 1 unspecified atom stereocenters. The summed E-state index contributed by atoms with van der Waals surface area (Å²) in [6, 6.07) is 15.3. The van der Waals surface area contributed by atoms with E-state index in [0.717, 1.165) is 0 Å². The fourth-order valence-corrected chi connectivity index (χ4v) is 3.75. The molecule has 0 nitrogen and oxygen atoms in total. The Morgan fingerprint density at radius 3 is 2.43 bits per heavy atom. The molecule has 1 atom stereocenters. The van der Waals surface area contributed by atoms with Crippen molar-refractivity contribution in [1.82, 2.24) is 0 Å². The summed E-state index contributed by atoms with van der Waals surface area (Å²) in [5.74, 6) is 0. The number of rotatable bonds is 1. The number of halogens is 2. The Kier molecular flexibility index (Phi) is 7.01. The van der Waals surface area contributed by atoms with Gasteiger partial charge in [-0.25, -0.2) is 0 Å². The van der Waals surface area contributed by atoms with Crippen molar-refractivity contribution in [2.24, 2.45) is 0 Å². The van der Waals surface area contributed by atoms with Crippen LogP contribution in [0.2, 0.25) is 0 Å². The maximum atomic E-state index is 2.37. The molecule has 0 N–H and O–H groups in total. The van der Waals surface area contributed by atoms with Gasteiger partial charge in [-0.2, -0.15) is 0 Å². The van der Waals surface area contributed by atoms with Crippen LogP contribution in [0, 0.1) is 0 Å². The molecule has 0 amide bonds. The van der Waals surface area contributed by atoms with E-state index in [-0.39, 0.29) is 51.0 Å². The topological polar surface area (TPSA) is 0 Å². The van der Waals surface area contributed by atoms with Crippen molar-refractivity contribution in [3.05, 3.63) is 82.8 Å². The van der Waals surface area contributed by atoms with Gasteiger partial charge in [-0.1, -0.05) is 54.6 Å². The average molecular weight is 410 g/mol. The summed E-state index contributed by atoms with van der Waals surface area (Å²) in [6.07, 6.45) is 8.90. The molecule has 1 aliphatic heterocycles. The van der Waals surface area contributed by atoms with Crippen LogP contribution in [0.3, 0.4) is 0 Å². The van der Waals surface area contributed by atoms with Gasteiger partial charge >= 0.3 is 26.2 Å². The van der Waals surface area contributed by atoms with Gasteiger partial charge in [0.25, 0.3) is 0 Å². The third-order valence-corrected chi connectivity index (χ3v) is 4.78. The molecule has 0 bridgehead atoms. The third-order valence-electron chi connectivity index (χ3n) is 3.49. The van der Waals surface area contributed by atoms with E-state index >= 15 is 0 Å². The van der Waals surface area contributed by atoms with E-state index in [0.29, 0.717) is 5.25 Å². The smallest absolute Gasteiger partial charge is 1.00 e. The molecule has 0 radical (unpaired) electrons. The van der Waals surface area contributed by atoms with Crippen molar-refractivity contribution in [3.8, 4) is 0 Å². The molecule has 2 aromatic carbocycles. The minimum atomic E-state index is 0. The molecule has 0 saturated heterocycles. The molecular formula is C17H12Cl2SZr. The number of benzene rings is 2. The van der Waals surface area contributed by atoms with Crippen LogP contribution in [0.5, 0.6) is 0 Å². The summed E-state index contributed by atoms with van der Waals surface area (Å²) < 4.78 is 0. The van der Waals surface area contributed by atoms with Crippen molar-refractivity contribution in [3.63, 3.8) is 0 Å². The molecule has 2 aromatic rings. The Morgan fingerprint density at radius 1 is 0.905 bits per heavy atom. The molecule has 0 fully saturated rings. The zero-order valence-electron chi connectivity index (χ0n) is 11.1. The quantitative estimate of drug-likeness (QED) is 0.582. The molecule has 1 aliphatic carbocycles. The Morgan fingerprint density at radius 2 is 1.67 bits per heavy atom. The minimum Gasteiger partial charge on any atom is -1.00 e. The molecule has 21 heavy (non-hydrogen) atoms. The Hall–Kier alpha value is -0.267.